The lowest BCUT2D eigenvalue weighted by atomic mass is 9.99. The van der Waals surface area contributed by atoms with Gasteiger partial charge in [-0.25, -0.2) is 4.98 Å². The number of hydrogen-bond acceptors (Lipinski definition) is 7. The highest BCUT2D eigenvalue weighted by Crippen LogP contribution is 2.31. The van der Waals surface area contributed by atoms with Crippen LogP contribution < -0.4 is 10.3 Å². The van der Waals surface area contributed by atoms with Gasteiger partial charge in [-0.15, -0.1) is 0 Å². The van der Waals surface area contributed by atoms with Crippen LogP contribution in [-0.4, -0.2) is 50.9 Å². The smallest absolute Gasteiger partial charge is 0.278 e. The summed E-state index contributed by atoms with van der Waals surface area (Å²) in [5.74, 6) is 1.43. The summed E-state index contributed by atoms with van der Waals surface area (Å²) in [6.45, 7) is 7.86. The molecule has 0 spiro atoms. The molecule has 0 unspecified atom stereocenters. The third-order valence-corrected chi connectivity index (χ3v) is 9.39. The van der Waals surface area contributed by atoms with Crippen molar-refractivity contribution < 1.29 is 9.53 Å². The Bertz CT molecular complexity index is 1630. The fourth-order valence-electron chi connectivity index (χ4n) is 4.63. The molecule has 1 aliphatic heterocycles. The number of hydrogen-bond donors (Lipinski definition) is 0. The van der Waals surface area contributed by atoms with Gasteiger partial charge in [-0.2, -0.15) is 0 Å². The summed E-state index contributed by atoms with van der Waals surface area (Å²) in [6, 6.07) is 13.4. The number of para-hydroxylation sites is 2. The maximum atomic E-state index is 14.0. The molecular weight excluding hydrogens is 537 g/mol. The zero-order valence-corrected chi connectivity index (χ0v) is 24.3. The molecule has 2 aromatic carbocycles. The van der Waals surface area contributed by atoms with Crippen LogP contribution in [0.4, 0.5) is 0 Å². The van der Waals surface area contributed by atoms with E-state index < -0.39 is 0 Å². The number of methoxy groups -OCH3 is 1. The first kappa shape index (κ1) is 26.6. The Balaban J connectivity index is 1.65. The van der Waals surface area contributed by atoms with E-state index in [1.807, 2.05) is 52.8 Å². The van der Waals surface area contributed by atoms with E-state index in [9.17, 15) is 9.59 Å². The van der Waals surface area contributed by atoms with Gasteiger partial charge in [-0.3, -0.25) is 18.7 Å². The van der Waals surface area contributed by atoms with E-state index in [-0.39, 0.29) is 17.2 Å². The van der Waals surface area contributed by atoms with E-state index in [0.717, 1.165) is 37.2 Å². The second-order valence-electron chi connectivity index (χ2n) is 9.68. The molecule has 1 aliphatic rings. The number of likely N-dealkylation sites (tertiary alicyclic amines) is 1. The SMILES string of the molecule is COc1ccccc1-n1c(SCC(=O)N2CCC(C)CC2)nc2c(sc(=S)n2-c2ccc(C)c(C)c2)c1=O. The van der Waals surface area contributed by atoms with Gasteiger partial charge >= 0.3 is 0 Å². The van der Waals surface area contributed by atoms with Gasteiger partial charge in [-0.1, -0.05) is 48.2 Å². The monoisotopic (exact) mass is 566 g/mol. The first-order valence-corrected chi connectivity index (χ1v) is 14.8. The van der Waals surface area contributed by atoms with Crippen molar-refractivity contribution in [2.45, 2.75) is 38.8 Å². The number of benzene rings is 2. The minimum absolute atomic E-state index is 0.0548. The number of aromatic nitrogens is 3. The van der Waals surface area contributed by atoms with Crippen molar-refractivity contribution in [2.75, 3.05) is 26.0 Å². The molecular formula is C28H30N4O3S3. The molecule has 4 aromatic rings. The Hall–Kier alpha value is -2.95. The van der Waals surface area contributed by atoms with E-state index in [2.05, 4.69) is 19.9 Å². The summed E-state index contributed by atoms with van der Waals surface area (Å²) in [5.41, 5.74) is 4.00. The summed E-state index contributed by atoms with van der Waals surface area (Å²) < 4.78 is 9.98. The van der Waals surface area contributed by atoms with Gasteiger partial charge in [0.1, 0.15) is 10.4 Å². The molecule has 3 heterocycles. The Morgan fingerprint density at radius 1 is 1.13 bits per heavy atom. The molecule has 2 aromatic heterocycles. The number of ether oxygens (including phenoxy) is 1. The number of rotatable bonds is 6. The highest BCUT2D eigenvalue weighted by Gasteiger charge is 2.24. The van der Waals surface area contributed by atoms with Crippen molar-refractivity contribution in [3.8, 4) is 17.1 Å². The summed E-state index contributed by atoms with van der Waals surface area (Å²) in [7, 11) is 1.57. The second-order valence-corrected chi connectivity index (χ2v) is 12.3. The number of carbonyl (C=O) groups excluding carboxylic acids is 1. The van der Waals surface area contributed by atoms with Crippen LogP contribution in [0.3, 0.4) is 0 Å². The molecule has 0 bridgehead atoms. The van der Waals surface area contributed by atoms with Crippen LogP contribution in [0, 0.1) is 23.7 Å². The van der Waals surface area contributed by atoms with E-state index in [1.165, 1.54) is 28.7 Å². The number of aryl methyl sites for hydroxylation is 2. The fraction of sp³-hybridized carbons (Fsp3) is 0.357. The van der Waals surface area contributed by atoms with Gasteiger partial charge < -0.3 is 9.64 Å². The van der Waals surface area contributed by atoms with Crippen LogP contribution in [0.25, 0.3) is 21.7 Å². The quantitative estimate of drug-likeness (QED) is 0.163. The van der Waals surface area contributed by atoms with Crippen LogP contribution in [-0.2, 0) is 4.79 Å². The normalized spacial score (nSPS) is 14.3. The standard InChI is InChI=1S/C28H30N4O3S3/c1-17-11-13-30(14-12-17)23(33)16-37-27-29-25-24(26(34)32(27)21-7-5-6-8-22(21)35-4)38-28(36)31(25)20-10-9-18(2)19(3)15-20/h5-10,15,17H,11-14,16H2,1-4H3. The predicted molar refractivity (Wildman–Crippen MR) is 157 cm³/mol. The predicted octanol–water partition coefficient (Wildman–Crippen LogP) is 5.94. The van der Waals surface area contributed by atoms with Gasteiger partial charge in [-0.05, 0) is 80.2 Å². The third kappa shape index (κ3) is 5.04. The Labute approximate surface area is 235 Å². The lowest BCUT2D eigenvalue weighted by Crippen LogP contribution is -2.39. The maximum Gasteiger partial charge on any atom is 0.278 e. The maximum absolute atomic E-state index is 14.0. The molecule has 10 heteroatoms. The topological polar surface area (TPSA) is 69.4 Å². The largest absolute Gasteiger partial charge is 0.495 e. The first-order valence-electron chi connectivity index (χ1n) is 12.6. The van der Waals surface area contributed by atoms with Crippen LogP contribution in [0.15, 0.2) is 52.4 Å². The zero-order valence-electron chi connectivity index (χ0n) is 21.9. The zero-order chi connectivity index (χ0) is 27.0. The average Bonchev–Trinajstić information content (AvgIpc) is 3.25. The van der Waals surface area contributed by atoms with E-state index in [0.29, 0.717) is 36.8 Å². The molecule has 1 fully saturated rings. The van der Waals surface area contributed by atoms with Gasteiger partial charge in [0.2, 0.25) is 5.91 Å². The minimum Gasteiger partial charge on any atom is -0.495 e. The molecule has 1 amide bonds. The molecule has 5 rings (SSSR count). The molecule has 198 valence electrons. The Morgan fingerprint density at radius 3 is 2.58 bits per heavy atom. The second kappa shape index (κ2) is 11.0. The lowest BCUT2D eigenvalue weighted by molar-refractivity contribution is -0.129. The van der Waals surface area contributed by atoms with E-state index in [4.69, 9.17) is 21.9 Å². The molecule has 0 radical (unpaired) electrons. The minimum atomic E-state index is -0.236. The van der Waals surface area contributed by atoms with Gasteiger partial charge in [0.25, 0.3) is 5.56 Å². The molecule has 38 heavy (non-hydrogen) atoms. The van der Waals surface area contributed by atoms with Crippen LogP contribution in [0.5, 0.6) is 5.75 Å². The highest BCUT2D eigenvalue weighted by atomic mass is 32.2. The Morgan fingerprint density at radius 2 is 1.87 bits per heavy atom. The molecule has 0 atom stereocenters. The lowest BCUT2D eigenvalue weighted by Gasteiger charge is -2.30. The average molecular weight is 567 g/mol. The van der Waals surface area contributed by atoms with Crippen molar-refractivity contribution in [3.63, 3.8) is 0 Å². The molecule has 7 nitrogen and oxygen atoms in total. The first-order chi connectivity index (χ1) is 18.3. The summed E-state index contributed by atoms with van der Waals surface area (Å²) in [5, 5.41) is 0.427. The van der Waals surface area contributed by atoms with Crippen LogP contribution in [0.2, 0.25) is 0 Å². The summed E-state index contributed by atoms with van der Waals surface area (Å²) in [6.07, 6.45) is 2.03. The third-order valence-electron chi connectivity index (χ3n) is 7.11. The number of piperidine rings is 1. The highest BCUT2D eigenvalue weighted by molar-refractivity contribution is 7.99. The molecule has 0 saturated carbocycles. The van der Waals surface area contributed by atoms with E-state index >= 15 is 0 Å². The van der Waals surface area contributed by atoms with Crippen LogP contribution in [0.1, 0.15) is 30.9 Å². The van der Waals surface area contributed by atoms with E-state index in [1.54, 1.807) is 11.7 Å². The summed E-state index contributed by atoms with van der Waals surface area (Å²) >= 11 is 8.24. The van der Waals surface area contributed by atoms with Crippen molar-refractivity contribution in [1.82, 2.24) is 19.0 Å². The number of thioether (sulfide) groups is 1. The fourth-order valence-corrected chi connectivity index (χ4v) is 6.83. The molecule has 0 N–H and O–H groups in total. The Kier molecular flexibility index (Phi) is 7.74. The number of amides is 1. The van der Waals surface area contributed by atoms with Crippen molar-refractivity contribution in [1.29, 1.82) is 0 Å². The molecule has 1 saturated heterocycles. The van der Waals surface area contributed by atoms with Crippen molar-refractivity contribution in [3.05, 3.63) is 67.9 Å². The number of nitrogens with zero attached hydrogens (tertiary/aromatic N) is 4. The number of fused-ring (bicyclic) bond motifs is 1. The van der Waals surface area contributed by atoms with Crippen LogP contribution >= 0.6 is 35.3 Å². The van der Waals surface area contributed by atoms with Gasteiger partial charge in [0.05, 0.1) is 18.6 Å². The van der Waals surface area contributed by atoms with Gasteiger partial charge in [0, 0.05) is 18.8 Å². The summed E-state index contributed by atoms with van der Waals surface area (Å²) in [4.78, 5) is 34.0. The number of carbonyl (C=O) groups is 1. The number of thiazole rings is 1. The van der Waals surface area contributed by atoms with Gasteiger partial charge in [0.15, 0.2) is 14.8 Å². The van der Waals surface area contributed by atoms with Crippen molar-refractivity contribution >= 4 is 51.6 Å². The molecule has 0 aliphatic carbocycles. The van der Waals surface area contributed by atoms with Crippen molar-refractivity contribution in [2.24, 2.45) is 5.92 Å².